The standard InChI is InChI=1S/C13H17NO3/c14-11-8-4-7-10(12(11)15)13(16)17-9-5-2-1-3-6-9/h4,7-9,15H,1-3,5-6,14H2. The zero-order valence-corrected chi connectivity index (χ0v) is 9.69. The number of carbonyl (C=O) groups is 1. The van der Waals surface area contributed by atoms with Gasteiger partial charge in [0, 0.05) is 0 Å². The quantitative estimate of drug-likeness (QED) is 0.469. The number of phenolic OH excluding ortho intramolecular Hbond substituents is 1. The van der Waals surface area contributed by atoms with Gasteiger partial charge in [-0.1, -0.05) is 12.5 Å². The fourth-order valence-electron chi connectivity index (χ4n) is 2.12. The third-order valence-electron chi connectivity index (χ3n) is 3.11. The Morgan fingerprint density at radius 3 is 2.71 bits per heavy atom. The molecule has 1 aromatic rings. The van der Waals surface area contributed by atoms with Crippen molar-refractivity contribution in [2.75, 3.05) is 5.73 Å². The molecule has 1 aliphatic rings. The Labute approximate surface area is 100 Å². The summed E-state index contributed by atoms with van der Waals surface area (Å²) in [4.78, 5) is 11.8. The van der Waals surface area contributed by atoms with Crippen LogP contribution in [0.5, 0.6) is 5.75 Å². The summed E-state index contributed by atoms with van der Waals surface area (Å²) in [6.07, 6.45) is 5.21. The number of esters is 1. The van der Waals surface area contributed by atoms with E-state index >= 15 is 0 Å². The zero-order valence-electron chi connectivity index (χ0n) is 9.69. The number of rotatable bonds is 2. The van der Waals surface area contributed by atoms with Gasteiger partial charge in [-0.2, -0.15) is 0 Å². The topological polar surface area (TPSA) is 72.6 Å². The van der Waals surface area contributed by atoms with Gasteiger partial charge in [-0.25, -0.2) is 4.79 Å². The van der Waals surface area contributed by atoms with Crippen molar-refractivity contribution in [2.24, 2.45) is 0 Å². The molecule has 0 unspecified atom stereocenters. The minimum absolute atomic E-state index is 0.0166. The Balaban J connectivity index is 2.06. The maximum Gasteiger partial charge on any atom is 0.342 e. The Morgan fingerprint density at radius 2 is 2.00 bits per heavy atom. The molecule has 1 aromatic carbocycles. The van der Waals surface area contributed by atoms with Crippen LogP contribution < -0.4 is 5.73 Å². The van der Waals surface area contributed by atoms with Crippen LogP contribution in [0.25, 0.3) is 0 Å². The van der Waals surface area contributed by atoms with Crippen LogP contribution in [0, 0.1) is 0 Å². The van der Waals surface area contributed by atoms with E-state index in [0.717, 1.165) is 25.7 Å². The summed E-state index contributed by atoms with van der Waals surface area (Å²) >= 11 is 0. The summed E-state index contributed by atoms with van der Waals surface area (Å²) in [5, 5.41) is 9.67. The molecule has 17 heavy (non-hydrogen) atoms. The number of aromatic hydroxyl groups is 1. The molecule has 0 aliphatic heterocycles. The fourth-order valence-corrected chi connectivity index (χ4v) is 2.12. The van der Waals surface area contributed by atoms with Crippen molar-refractivity contribution in [1.29, 1.82) is 0 Å². The van der Waals surface area contributed by atoms with Crippen molar-refractivity contribution in [3.05, 3.63) is 23.8 Å². The van der Waals surface area contributed by atoms with Gasteiger partial charge >= 0.3 is 5.97 Å². The van der Waals surface area contributed by atoms with E-state index in [1.807, 2.05) is 0 Å². The first-order chi connectivity index (χ1) is 8.18. The highest BCUT2D eigenvalue weighted by atomic mass is 16.5. The molecular weight excluding hydrogens is 218 g/mol. The molecule has 92 valence electrons. The number of nitrogens with two attached hydrogens (primary N) is 1. The van der Waals surface area contributed by atoms with Crippen LogP contribution >= 0.6 is 0 Å². The van der Waals surface area contributed by atoms with Gasteiger partial charge in [0.05, 0.1) is 5.69 Å². The van der Waals surface area contributed by atoms with E-state index in [-0.39, 0.29) is 23.1 Å². The lowest BCUT2D eigenvalue weighted by atomic mass is 9.98. The number of para-hydroxylation sites is 1. The van der Waals surface area contributed by atoms with Crippen LogP contribution in [0.3, 0.4) is 0 Å². The molecule has 1 fully saturated rings. The third kappa shape index (κ3) is 2.70. The van der Waals surface area contributed by atoms with Crippen molar-refractivity contribution in [2.45, 2.75) is 38.2 Å². The number of benzene rings is 1. The predicted molar refractivity (Wildman–Crippen MR) is 64.8 cm³/mol. The molecule has 0 bridgehead atoms. The Hall–Kier alpha value is -1.71. The number of nitrogen functional groups attached to an aromatic ring is 1. The first-order valence-electron chi connectivity index (χ1n) is 5.97. The van der Waals surface area contributed by atoms with Gasteiger partial charge in [0.15, 0.2) is 5.75 Å². The van der Waals surface area contributed by atoms with Gasteiger partial charge in [0.25, 0.3) is 0 Å². The first kappa shape index (κ1) is 11.8. The summed E-state index contributed by atoms with van der Waals surface area (Å²) in [7, 11) is 0. The van der Waals surface area contributed by atoms with Crippen molar-refractivity contribution in [1.82, 2.24) is 0 Å². The lowest BCUT2D eigenvalue weighted by Gasteiger charge is -2.22. The summed E-state index contributed by atoms with van der Waals surface area (Å²) in [6, 6.07) is 4.70. The molecule has 0 atom stereocenters. The fraction of sp³-hybridized carbons (Fsp3) is 0.462. The number of ether oxygens (including phenoxy) is 1. The first-order valence-corrected chi connectivity index (χ1v) is 5.97. The van der Waals surface area contributed by atoms with Crippen molar-refractivity contribution in [3.63, 3.8) is 0 Å². The number of carbonyl (C=O) groups excluding carboxylic acids is 1. The van der Waals surface area contributed by atoms with Crippen LogP contribution in [-0.2, 0) is 4.74 Å². The molecule has 1 saturated carbocycles. The van der Waals surface area contributed by atoms with Gasteiger partial charge in [0.2, 0.25) is 0 Å². The Bertz CT molecular complexity index is 411. The molecule has 0 spiro atoms. The van der Waals surface area contributed by atoms with Crippen molar-refractivity contribution >= 4 is 11.7 Å². The highest BCUT2D eigenvalue weighted by Gasteiger charge is 2.21. The molecule has 4 heteroatoms. The molecule has 3 N–H and O–H groups in total. The van der Waals surface area contributed by atoms with E-state index in [4.69, 9.17) is 10.5 Å². The molecule has 0 saturated heterocycles. The average molecular weight is 235 g/mol. The van der Waals surface area contributed by atoms with E-state index in [0.29, 0.717) is 0 Å². The Morgan fingerprint density at radius 1 is 1.29 bits per heavy atom. The molecule has 2 rings (SSSR count). The number of hydrogen-bond donors (Lipinski definition) is 2. The van der Waals surface area contributed by atoms with Crippen LogP contribution in [-0.4, -0.2) is 17.2 Å². The monoisotopic (exact) mass is 235 g/mol. The van der Waals surface area contributed by atoms with Crippen LogP contribution in [0.1, 0.15) is 42.5 Å². The predicted octanol–water partition coefficient (Wildman–Crippen LogP) is 2.46. The molecule has 4 nitrogen and oxygen atoms in total. The third-order valence-corrected chi connectivity index (χ3v) is 3.11. The molecule has 0 amide bonds. The summed E-state index contributed by atoms with van der Waals surface area (Å²) < 4.78 is 5.36. The Kier molecular flexibility index (Phi) is 3.52. The largest absolute Gasteiger partial charge is 0.505 e. The summed E-state index contributed by atoms with van der Waals surface area (Å²) in [5.41, 5.74) is 5.88. The average Bonchev–Trinajstić information content (AvgIpc) is 2.34. The highest BCUT2D eigenvalue weighted by molar-refractivity contribution is 5.94. The van der Waals surface area contributed by atoms with E-state index in [1.54, 1.807) is 12.1 Å². The van der Waals surface area contributed by atoms with Crippen molar-refractivity contribution in [3.8, 4) is 5.75 Å². The van der Waals surface area contributed by atoms with Gasteiger partial charge in [-0.15, -0.1) is 0 Å². The summed E-state index contributed by atoms with van der Waals surface area (Å²) in [6.45, 7) is 0. The van der Waals surface area contributed by atoms with Gasteiger partial charge in [-0.05, 0) is 37.8 Å². The van der Waals surface area contributed by atoms with Crippen molar-refractivity contribution < 1.29 is 14.6 Å². The second kappa shape index (κ2) is 5.08. The minimum Gasteiger partial charge on any atom is -0.505 e. The highest BCUT2D eigenvalue weighted by Crippen LogP contribution is 2.27. The summed E-state index contributed by atoms with van der Waals surface area (Å²) in [5.74, 6) is -0.671. The number of anilines is 1. The zero-order chi connectivity index (χ0) is 12.3. The van der Waals surface area contributed by atoms with Gasteiger partial charge in [0.1, 0.15) is 11.7 Å². The number of hydrogen-bond acceptors (Lipinski definition) is 4. The molecular formula is C13H17NO3. The molecule has 0 aromatic heterocycles. The van der Waals surface area contributed by atoms with Gasteiger partial charge < -0.3 is 15.6 Å². The lowest BCUT2D eigenvalue weighted by Crippen LogP contribution is -2.21. The minimum atomic E-state index is -0.485. The normalized spacial score (nSPS) is 16.7. The maximum absolute atomic E-state index is 11.8. The van der Waals surface area contributed by atoms with E-state index in [1.165, 1.54) is 12.5 Å². The SMILES string of the molecule is Nc1cccc(C(=O)OC2CCCCC2)c1O. The number of phenols is 1. The molecule has 0 heterocycles. The second-order valence-electron chi connectivity index (χ2n) is 4.41. The smallest absolute Gasteiger partial charge is 0.342 e. The van der Waals surface area contributed by atoms with Gasteiger partial charge in [-0.3, -0.25) is 0 Å². The molecule has 1 aliphatic carbocycles. The molecule has 0 radical (unpaired) electrons. The van der Waals surface area contributed by atoms with E-state index < -0.39 is 5.97 Å². The van der Waals surface area contributed by atoms with E-state index in [2.05, 4.69) is 0 Å². The van der Waals surface area contributed by atoms with Crippen LogP contribution in [0.4, 0.5) is 5.69 Å². The maximum atomic E-state index is 11.8. The van der Waals surface area contributed by atoms with E-state index in [9.17, 15) is 9.90 Å². The van der Waals surface area contributed by atoms with Crippen LogP contribution in [0.2, 0.25) is 0 Å². The van der Waals surface area contributed by atoms with Crippen LogP contribution in [0.15, 0.2) is 18.2 Å². The second-order valence-corrected chi connectivity index (χ2v) is 4.41. The lowest BCUT2D eigenvalue weighted by molar-refractivity contribution is 0.0208.